The number of ketones is 1. The van der Waals surface area contributed by atoms with Gasteiger partial charge >= 0.3 is 0 Å². The summed E-state index contributed by atoms with van der Waals surface area (Å²) in [7, 11) is 0. The fourth-order valence-electron chi connectivity index (χ4n) is 1.20. The van der Waals surface area contributed by atoms with Crippen LogP contribution in [0.25, 0.3) is 0 Å². The van der Waals surface area contributed by atoms with Gasteiger partial charge in [0.25, 0.3) is 0 Å². The maximum atomic E-state index is 11.4. The van der Waals surface area contributed by atoms with Crippen LogP contribution in [0.2, 0.25) is 5.02 Å². The number of carbonyl (C=O) groups excluding carboxylic acids is 1. The normalized spacial score (nSPS) is 12.5. The Hall–Kier alpha value is -0.710. The first-order chi connectivity index (χ1) is 7.04. The largest absolute Gasteiger partial charge is 0.772 e. The van der Waals surface area contributed by atoms with Gasteiger partial charge in [-0.1, -0.05) is 35.7 Å². The van der Waals surface area contributed by atoms with Crippen molar-refractivity contribution in [3.8, 4) is 0 Å². The van der Waals surface area contributed by atoms with E-state index >= 15 is 0 Å². The van der Waals surface area contributed by atoms with Crippen molar-refractivity contribution in [3.63, 3.8) is 0 Å². The van der Waals surface area contributed by atoms with Crippen molar-refractivity contribution in [3.05, 3.63) is 34.3 Å². The molecule has 0 aliphatic rings. The van der Waals surface area contributed by atoms with Gasteiger partial charge in [-0.05, 0) is 17.7 Å². The molecule has 15 heavy (non-hydrogen) atoms. The number of rotatable bonds is 4. The van der Waals surface area contributed by atoms with Crippen molar-refractivity contribution < 1.29 is 13.6 Å². The second-order valence-electron chi connectivity index (χ2n) is 3.04. The van der Waals surface area contributed by atoms with Crippen LogP contribution in [0, 0.1) is 0 Å². The summed E-state index contributed by atoms with van der Waals surface area (Å²) in [5.74, 6) is -0.130. The maximum absolute atomic E-state index is 11.4. The van der Waals surface area contributed by atoms with Gasteiger partial charge in [0.05, 0.1) is 5.02 Å². The number of Topliss-reactive ketones (excluding diaryl/α,β-unsaturated/α-hetero) is 1. The van der Waals surface area contributed by atoms with Gasteiger partial charge in [-0.3, -0.25) is 9.00 Å². The van der Waals surface area contributed by atoms with E-state index in [1.54, 1.807) is 19.1 Å². The van der Waals surface area contributed by atoms with E-state index in [9.17, 15) is 13.6 Å². The molecule has 0 spiro atoms. The summed E-state index contributed by atoms with van der Waals surface area (Å²) in [6, 6.07) is 4.68. The van der Waals surface area contributed by atoms with E-state index in [-0.39, 0.29) is 11.5 Å². The summed E-state index contributed by atoms with van der Waals surface area (Å²) in [6.07, 6.45) is 0.382. The van der Waals surface area contributed by atoms with Crippen molar-refractivity contribution in [2.75, 3.05) is 0 Å². The standard InChI is InChI=1S/C10H11ClO3S/c1-2-10(12)8-4-3-7(5-9(8)11)6-15(13)14/h3-5H,2,6H2,1H3,(H,13,14)/p-1. The molecule has 0 radical (unpaired) electrons. The Kier molecular flexibility index (Phi) is 4.45. The molecule has 1 rings (SSSR count). The molecule has 1 aromatic rings. The number of halogens is 1. The lowest BCUT2D eigenvalue weighted by molar-refractivity contribution is 0.0988. The number of benzene rings is 1. The first kappa shape index (κ1) is 12.4. The third kappa shape index (κ3) is 3.41. The molecule has 1 aromatic carbocycles. The van der Waals surface area contributed by atoms with Crippen LogP contribution in [0.3, 0.4) is 0 Å². The van der Waals surface area contributed by atoms with Gasteiger partial charge in [-0.25, -0.2) is 0 Å². The predicted octanol–water partition coefficient (Wildman–Crippen LogP) is 2.31. The fraction of sp³-hybridized carbons (Fsp3) is 0.300. The van der Waals surface area contributed by atoms with Gasteiger partial charge in [0, 0.05) is 17.7 Å². The first-order valence-corrected chi connectivity index (χ1v) is 6.04. The molecular formula is C10H10ClO3S-. The molecule has 0 fully saturated rings. The van der Waals surface area contributed by atoms with E-state index in [0.29, 0.717) is 22.6 Å². The van der Waals surface area contributed by atoms with Gasteiger partial charge in [-0.15, -0.1) is 0 Å². The van der Waals surface area contributed by atoms with Gasteiger partial charge in [0.1, 0.15) is 0 Å². The van der Waals surface area contributed by atoms with Crippen molar-refractivity contribution in [1.82, 2.24) is 0 Å². The molecule has 3 nitrogen and oxygen atoms in total. The Labute approximate surface area is 95.7 Å². The lowest BCUT2D eigenvalue weighted by Gasteiger charge is -2.07. The minimum absolute atomic E-state index is 0.0465. The minimum atomic E-state index is -2.14. The zero-order valence-corrected chi connectivity index (χ0v) is 9.73. The van der Waals surface area contributed by atoms with Gasteiger partial charge in [-0.2, -0.15) is 0 Å². The molecule has 1 atom stereocenters. The molecule has 0 amide bonds. The van der Waals surface area contributed by atoms with Crippen LogP contribution in [-0.4, -0.2) is 14.5 Å². The first-order valence-electron chi connectivity index (χ1n) is 4.42. The molecule has 0 bridgehead atoms. The lowest BCUT2D eigenvalue weighted by atomic mass is 10.1. The van der Waals surface area contributed by atoms with Gasteiger partial charge < -0.3 is 4.55 Å². The van der Waals surface area contributed by atoms with Crippen LogP contribution in [-0.2, 0) is 16.8 Å². The molecule has 0 saturated carbocycles. The average molecular weight is 246 g/mol. The summed E-state index contributed by atoms with van der Waals surface area (Å²) in [5.41, 5.74) is 1.03. The Morgan fingerprint density at radius 2 is 2.20 bits per heavy atom. The molecule has 0 heterocycles. The molecule has 0 N–H and O–H groups in total. The number of hydrogen-bond donors (Lipinski definition) is 0. The minimum Gasteiger partial charge on any atom is -0.772 e. The van der Waals surface area contributed by atoms with E-state index in [1.165, 1.54) is 6.07 Å². The van der Waals surface area contributed by atoms with Crippen LogP contribution in [0.4, 0.5) is 0 Å². The molecule has 0 aliphatic carbocycles. The average Bonchev–Trinajstić information content (AvgIpc) is 2.16. The van der Waals surface area contributed by atoms with Crippen LogP contribution in [0.1, 0.15) is 29.3 Å². The highest BCUT2D eigenvalue weighted by Gasteiger charge is 2.08. The zero-order chi connectivity index (χ0) is 11.4. The Bertz CT molecular complexity index is 404. The van der Waals surface area contributed by atoms with Crippen LogP contribution < -0.4 is 0 Å². The quantitative estimate of drug-likeness (QED) is 0.604. The second-order valence-corrected chi connectivity index (χ2v) is 4.34. The Balaban J connectivity index is 2.97. The maximum Gasteiger partial charge on any atom is 0.164 e. The van der Waals surface area contributed by atoms with Crippen LogP contribution >= 0.6 is 11.6 Å². The molecule has 0 saturated heterocycles. The highest BCUT2D eigenvalue weighted by atomic mass is 35.5. The van der Waals surface area contributed by atoms with Crippen LogP contribution in [0.5, 0.6) is 0 Å². The number of carbonyl (C=O) groups is 1. The summed E-state index contributed by atoms with van der Waals surface area (Å²) in [4.78, 5) is 11.4. The molecular weight excluding hydrogens is 236 g/mol. The van der Waals surface area contributed by atoms with E-state index < -0.39 is 11.1 Å². The monoisotopic (exact) mass is 245 g/mol. The predicted molar refractivity (Wildman–Crippen MR) is 58.7 cm³/mol. The van der Waals surface area contributed by atoms with Crippen molar-refractivity contribution in [1.29, 1.82) is 0 Å². The molecule has 0 aromatic heterocycles. The lowest BCUT2D eigenvalue weighted by Crippen LogP contribution is -1.99. The Morgan fingerprint density at radius 3 is 2.67 bits per heavy atom. The second kappa shape index (κ2) is 5.39. The van der Waals surface area contributed by atoms with Crippen molar-refractivity contribution >= 4 is 28.5 Å². The van der Waals surface area contributed by atoms with E-state index in [1.807, 2.05) is 0 Å². The molecule has 82 valence electrons. The molecule has 0 aliphatic heterocycles. The number of hydrogen-bond acceptors (Lipinski definition) is 3. The summed E-state index contributed by atoms with van der Waals surface area (Å²) in [6.45, 7) is 1.75. The molecule has 1 unspecified atom stereocenters. The van der Waals surface area contributed by atoms with E-state index in [2.05, 4.69) is 0 Å². The third-order valence-electron chi connectivity index (χ3n) is 1.94. The van der Waals surface area contributed by atoms with E-state index in [4.69, 9.17) is 11.6 Å². The zero-order valence-electron chi connectivity index (χ0n) is 8.16. The summed E-state index contributed by atoms with van der Waals surface area (Å²) < 4.78 is 20.9. The van der Waals surface area contributed by atoms with Crippen molar-refractivity contribution in [2.45, 2.75) is 19.1 Å². The van der Waals surface area contributed by atoms with Crippen molar-refractivity contribution in [2.24, 2.45) is 0 Å². The third-order valence-corrected chi connectivity index (χ3v) is 2.82. The SMILES string of the molecule is CCC(=O)c1ccc(CS(=O)[O-])cc1Cl. The van der Waals surface area contributed by atoms with Crippen LogP contribution in [0.15, 0.2) is 18.2 Å². The Morgan fingerprint density at radius 1 is 1.53 bits per heavy atom. The highest BCUT2D eigenvalue weighted by Crippen LogP contribution is 2.20. The molecule has 5 heteroatoms. The summed E-state index contributed by atoms with van der Waals surface area (Å²) >= 11 is 3.73. The van der Waals surface area contributed by atoms with E-state index in [0.717, 1.165) is 0 Å². The topological polar surface area (TPSA) is 57.2 Å². The van der Waals surface area contributed by atoms with Gasteiger partial charge in [0.15, 0.2) is 5.78 Å². The smallest absolute Gasteiger partial charge is 0.164 e. The fourth-order valence-corrected chi connectivity index (χ4v) is 1.96. The highest BCUT2D eigenvalue weighted by molar-refractivity contribution is 7.78. The summed E-state index contributed by atoms with van der Waals surface area (Å²) in [5, 5.41) is 0.310. The van der Waals surface area contributed by atoms with Gasteiger partial charge in [0.2, 0.25) is 0 Å².